The largest absolute Gasteiger partial charge is 0.397 e. The molecule has 13 heavy (non-hydrogen) atoms. The van der Waals surface area contributed by atoms with Crippen LogP contribution in [0.5, 0.6) is 0 Å². The number of aryl methyl sites for hydroxylation is 1. The van der Waals surface area contributed by atoms with Crippen LogP contribution in [-0.2, 0) is 6.42 Å². The molecular formula is C6H10F3N3O. The summed E-state index contributed by atoms with van der Waals surface area (Å²) in [6.07, 6.45) is -5.44. The molecule has 0 saturated heterocycles. The SMILES string of the molecule is CN.Cc1noc(CC(F)(F)F)n1. The zero-order chi connectivity index (χ0) is 10.5. The molecule has 0 spiro atoms. The van der Waals surface area contributed by atoms with Crippen molar-refractivity contribution in [3.63, 3.8) is 0 Å². The van der Waals surface area contributed by atoms with Crippen molar-refractivity contribution in [2.45, 2.75) is 19.5 Å². The average Bonchev–Trinajstić information content (AvgIpc) is 2.36. The molecule has 0 aromatic carbocycles. The van der Waals surface area contributed by atoms with Gasteiger partial charge in [-0.2, -0.15) is 18.2 Å². The molecule has 0 saturated carbocycles. The molecule has 76 valence electrons. The smallest absolute Gasteiger partial charge is 0.339 e. The van der Waals surface area contributed by atoms with Gasteiger partial charge in [0.25, 0.3) is 0 Å². The Morgan fingerprint density at radius 2 is 1.92 bits per heavy atom. The van der Waals surface area contributed by atoms with Crippen LogP contribution in [0.25, 0.3) is 0 Å². The molecule has 0 unspecified atom stereocenters. The van der Waals surface area contributed by atoms with Crippen LogP contribution in [0.15, 0.2) is 4.52 Å². The summed E-state index contributed by atoms with van der Waals surface area (Å²) in [5.41, 5.74) is 4.50. The lowest BCUT2D eigenvalue weighted by Gasteiger charge is -1.99. The van der Waals surface area contributed by atoms with Crippen molar-refractivity contribution in [2.75, 3.05) is 7.05 Å². The number of alkyl halides is 3. The van der Waals surface area contributed by atoms with Crippen LogP contribution in [0.3, 0.4) is 0 Å². The fourth-order valence-corrected chi connectivity index (χ4v) is 0.583. The second-order valence-electron chi connectivity index (χ2n) is 2.03. The first-order chi connectivity index (χ1) is 5.97. The predicted molar refractivity (Wildman–Crippen MR) is 38.9 cm³/mol. The lowest BCUT2D eigenvalue weighted by atomic mass is 10.4. The minimum atomic E-state index is -4.28. The maximum Gasteiger partial charge on any atom is 0.397 e. The summed E-state index contributed by atoms with van der Waals surface area (Å²) in [5, 5.41) is 3.21. The summed E-state index contributed by atoms with van der Waals surface area (Å²) in [6, 6.07) is 0. The third-order valence-electron chi connectivity index (χ3n) is 0.921. The van der Waals surface area contributed by atoms with E-state index in [1.54, 1.807) is 0 Å². The maximum absolute atomic E-state index is 11.6. The van der Waals surface area contributed by atoms with E-state index in [0.717, 1.165) is 0 Å². The van der Waals surface area contributed by atoms with E-state index < -0.39 is 18.5 Å². The summed E-state index contributed by atoms with van der Waals surface area (Å²) < 4.78 is 39.1. The fourth-order valence-electron chi connectivity index (χ4n) is 0.583. The molecule has 0 radical (unpaired) electrons. The maximum atomic E-state index is 11.6. The van der Waals surface area contributed by atoms with Crippen LogP contribution in [0.1, 0.15) is 11.7 Å². The molecule has 1 aromatic heterocycles. The first-order valence-corrected chi connectivity index (χ1v) is 3.41. The van der Waals surface area contributed by atoms with Gasteiger partial charge in [-0.15, -0.1) is 0 Å². The van der Waals surface area contributed by atoms with E-state index in [2.05, 4.69) is 20.4 Å². The Hall–Kier alpha value is -1.11. The molecule has 0 aliphatic carbocycles. The first-order valence-electron chi connectivity index (χ1n) is 3.41. The molecule has 0 aliphatic heterocycles. The summed E-state index contributed by atoms with van der Waals surface area (Å²) in [4.78, 5) is 3.40. The van der Waals surface area contributed by atoms with Gasteiger partial charge >= 0.3 is 6.18 Å². The van der Waals surface area contributed by atoms with Crippen molar-refractivity contribution < 1.29 is 17.7 Å². The van der Waals surface area contributed by atoms with Crippen LogP contribution in [-0.4, -0.2) is 23.4 Å². The van der Waals surface area contributed by atoms with Gasteiger partial charge in [-0.3, -0.25) is 0 Å². The van der Waals surface area contributed by atoms with Crippen molar-refractivity contribution in [3.8, 4) is 0 Å². The fraction of sp³-hybridized carbons (Fsp3) is 0.667. The van der Waals surface area contributed by atoms with Gasteiger partial charge in [0.15, 0.2) is 5.82 Å². The van der Waals surface area contributed by atoms with Gasteiger partial charge in [0.2, 0.25) is 5.89 Å². The van der Waals surface area contributed by atoms with Crippen LogP contribution in [0, 0.1) is 6.92 Å². The van der Waals surface area contributed by atoms with Gasteiger partial charge in [0.1, 0.15) is 6.42 Å². The van der Waals surface area contributed by atoms with Crippen LogP contribution >= 0.6 is 0 Å². The van der Waals surface area contributed by atoms with E-state index in [0.29, 0.717) is 0 Å². The Labute approximate surface area is 72.9 Å². The van der Waals surface area contributed by atoms with E-state index in [4.69, 9.17) is 0 Å². The number of hydrogen-bond acceptors (Lipinski definition) is 4. The van der Waals surface area contributed by atoms with Gasteiger partial charge in [0, 0.05) is 0 Å². The summed E-state index contributed by atoms with van der Waals surface area (Å²) in [6.45, 7) is 1.46. The Morgan fingerprint density at radius 3 is 2.23 bits per heavy atom. The van der Waals surface area contributed by atoms with Crippen molar-refractivity contribution in [1.29, 1.82) is 0 Å². The average molecular weight is 197 g/mol. The summed E-state index contributed by atoms with van der Waals surface area (Å²) in [7, 11) is 1.50. The van der Waals surface area contributed by atoms with Crippen molar-refractivity contribution >= 4 is 0 Å². The number of nitrogens with two attached hydrogens (primary N) is 1. The summed E-state index contributed by atoms with van der Waals surface area (Å²) >= 11 is 0. The Kier molecular flexibility index (Phi) is 4.39. The summed E-state index contributed by atoms with van der Waals surface area (Å²) in [5.74, 6) is -0.181. The first kappa shape index (κ1) is 11.9. The molecule has 1 aromatic rings. The van der Waals surface area contributed by atoms with Crippen molar-refractivity contribution in [1.82, 2.24) is 10.1 Å². The van der Waals surface area contributed by atoms with Crippen molar-refractivity contribution in [3.05, 3.63) is 11.7 Å². The minimum absolute atomic E-state index is 0.212. The molecule has 2 N–H and O–H groups in total. The van der Waals surface area contributed by atoms with E-state index in [9.17, 15) is 13.2 Å². The van der Waals surface area contributed by atoms with Crippen LogP contribution in [0.4, 0.5) is 13.2 Å². The van der Waals surface area contributed by atoms with Gasteiger partial charge in [0.05, 0.1) is 0 Å². The number of nitrogens with zero attached hydrogens (tertiary/aromatic N) is 2. The predicted octanol–water partition coefficient (Wildman–Crippen LogP) is 1.06. The van der Waals surface area contributed by atoms with Gasteiger partial charge in [-0.05, 0) is 14.0 Å². The zero-order valence-electron chi connectivity index (χ0n) is 7.22. The van der Waals surface area contributed by atoms with Crippen LogP contribution < -0.4 is 5.73 Å². The van der Waals surface area contributed by atoms with E-state index in [-0.39, 0.29) is 5.82 Å². The number of rotatable bonds is 1. The van der Waals surface area contributed by atoms with E-state index in [1.165, 1.54) is 14.0 Å². The number of hydrogen-bond donors (Lipinski definition) is 1. The standard InChI is InChI=1S/C5H5F3N2O.CH5N/c1-3-9-4(11-10-3)2-5(6,7)8;1-2/h2H2,1H3;2H2,1H3. The third-order valence-corrected chi connectivity index (χ3v) is 0.921. The second-order valence-corrected chi connectivity index (χ2v) is 2.03. The molecule has 0 aliphatic rings. The molecule has 0 fully saturated rings. The van der Waals surface area contributed by atoms with Crippen LogP contribution in [0.2, 0.25) is 0 Å². The number of aromatic nitrogens is 2. The second kappa shape index (κ2) is 4.80. The molecular weight excluding hydrogens is 187 g/mol. The van der Waals surface area contributed by atoms with E-state index >= 15 is 0 Å². The highest BCUT2D eigenvalue weighted by Crippen LogP contribution is 2.19. The molecule has 0 bridgehead atoms. The lowest BCUT2D eigenvalue weighted by molar-refractivity contribution is -0.131. The van der Waals surface area contributed by atoms with Gasteiger partial charge < -0.3 is 10.3 Å². The quantitative estimate of drug-likeness (QED) is 0.731. The van der Waals surface area contributed by atoms with E-state index in [1.807, 2.05) is 0 Å². The molecule has 4 nitrogen and oxygen atoms in total. The normalized spacial score (nSPS) is 10.6. The molecule has 7 heteroatoms. The number of halogens is 3. The highest BCUT2D eigenvalue weighted by Gasteiger charge is 2.30. The highest BCUT2D eigenvalue weighted by atomic mass is 19.4. The van der Waals surface area contributed by atoms with Gasteiger partial charge in [-0.25, -0.2) is 0 Å². The molecule has 0 amide bonds. The lowest BCUT2D eigenvalue weighted by Crippen LogP contribution is -2.11. The minimum Gasteiger partial charge on any atom is -0.339 e. The van der Waals surface area contributed by atoms with Crippen molar-refractivity contribution in [2.24, 2.45) is 5.73 Å². The topological polar surface area (TPSA) is 64.9 Å². The molecule has 0 atom stereocenters. The van der Waals surface area contributed by atoms with Gasteiger partial charge in [-0.1, -0.05) is 5.16 Å². The highest BCUT2D eigenvalue weighted by molar-refractivity contribution is 4.84. The molecule has 1 rings (SSSR count). The Bertz CT molecular complexity index is 246. The Balaban J connectivity index is 0.000000671. The Morgan fingerprint density at radius 1 is 1.38 bits per heavy atom. The monoisotopic (exact) mass is 197 g/mol. The zero-order valence-corrected chi connectivity index (χ0v) is 7.22. The molecule has 1 heterocycles. The third kappa shape index (κ3) is 5.18.